The molecule has 2 aliphatic heterocycles. The summed E-state index contributed by atoms with van der Waals surface area (Å²) in [6, 6.07) is 10.3. The molecule has 8 heteroatoms. The molecule has 276 valence electrons. The fraction of sp³-hybridized carbons (Fsp3) is 0.800. The Labute approximate surface area is 297 Å². The normalized spacial score (nSPS) is 28.1. The highest BCUT2D eigenvalue weighted by Crippen LogP contribution is 2.48. The largest absolute Gasteiger partial charge is 0.415 e. The summed E-state index contributed by atoms with van der Waals surface area (Å²) in [5.41, 5.74) is 2.97. The van der Waals surface area contributed by atoms with Crippen LogP contribution in [0.5, 0.6) is 0 Å². The van der Waals surface area contributed by atoms with E-state index in [2.05, 4.69) is 101 Å². The standard InChI is InChI=1S/C40H72O6Si2/c1-29(2)48(30(3)4,31(5)6)43-26-33(8)32(7)22-36-24-39(12,41)28-40(45-36)25-37(46-47(13,14)38(9,10)11)23-35(44-40)20-21-42-27-34-18-16-15-17-19-34/h15-19,29-31,33,35-37,41H,7,20-28H2,1-6,8-14H3/t33-,35-,36-,37-,39-,40+/m0/s1. The minimum absolute atomic E-state index is 0.00924. The van der Waals surface area contributed by atoms with Crippen molar-refractivity contribution >= 4 is 16.6 Å². The molecule has 3 rings (SSSR count). The third-order valence-corrected chi connectivity index (χ3v) is 22.2. The van der Waals surface area contributed by atoms with Gasteiger partial charge in [0.15, 0.2) is 22.4 Å². The summed E-state index contributed by atoms with van der Waals surface area (Å²) < 4.78 is 34.0. The summed E-state index contributed by atoms with van der Waals surface area (Å²) in [5.74, 6) is -0.729. The van der Waals surface area contributed by atoms with Gasteiger partial charge in [-0.25, -0.2) is 0 Å². The molecule has 1 aromatic rings. The summed E-state index contributed by atoms with van der Waals surface area (Å²) in [6.07, 6.45) is 3.50. The Morgan fingerprint density at radius 3 is 2.10 bits per heavy atom. The quantitative estimate of drug-likeness (QED) is 0.105. The molecule has 1 aromatic carbocycles. The van der Waals surface area contributed by atoms with Gasteiger partial charge in [-0.2, -0.15) is 0 Å². The predicted octanol–water partition coefficient (Wildman–Crippen LogP) is 10.6. The second-order valence-electron chi connectivity index (χ2n) is 17.9. The number of hydrogen-bond acceptors (Lipinski definition) is 6. The maximum atomic E-state index is 11.7. The van der Waals surface area contributed by atoms with Gasteiger partial charge in [0, 0.05) is 32.5 Å². The van der Waals surface area contributed by atoms with Gasteiger partial charge in [0.05, 0.1) is 30.5 Å². The molecular formula is C40H72O6Si2. The van der Waals surface area contributed by atoms with Crippen LogP contribution in [0.3, 0.4) is 0 Å². The van der Waals surface area contributed by atoms with Gasteiger partial charge in [0.25, 0.3) is 0 Å². The van der Waals surface area contributed by atoms with Crippen LogP contribution in [0.2, 0.25) is 34.8 Å². The van der Waals surface area contributed by atoms with Gasteiger partial charge in [-0.1, -0.05) is 112 Å². The van der Waals surface area contributed by atoms with Crippen molar-refractivity contribution in [2.75, 3.05) is 13.2 Å². The van der Waals surface area contributed by atoms with Crippen molar-refractivity contribution in [3.63, 3.8) is 0 Å². The number of aliphatic hydroxyl groups is 1. The van der Waals surface area contributed by atoms with Gasteiger partial charge in [0.1, 0.15) is 0 Å². The smallest absolute Gasteiger partial charge is 0.200 e. The van der Waals surface area contributed by atoms with E-state index in [0.29, 0.717) is 62.1 Å². The molecule has 2 heterocycles. The molecule has 48 heavy (non-hydrogen) atoms. The van der Waals surface area contributed by atoms with E-state index >= 15 is 0 Å². The Kier molecular flexibility index (Phi) is 14.4. The van der Waals surface area contributed by atoms with Crippen molar-refractivity contribution in [1.82, 2.24) is 0 Å². The van der Waals surface area contributed by atoms with Crippen molar-refractivity contribution in [2.45, 2.75) is 186 Å². The molecule has 1 N–H and O–H groups in total. The Hall–Kier alpha value is -0.846. The molecular weight excluding hydrogens is 633 g/mol. The van der Waals surface area contributed by atoms with Crippen LogP contribution in [0.15, 0.2) is 42.5 Å². The highest BCUT2D eigenvalue weighted by atomic mass is 28.4. The number of rotatable bonds is 16. The van der Waals surface area contributed by atoms with Crippen LogP contribution in [-0.4, -0.2) is 64.7 Å². The molecule has 0 aliphatic carbocycles. The molecule has 0 bridgehead atoms. The van der Waals surface area contributed by atoms with Gasteiger partial charge >= 0.3 is 0 Å². The summed E-state index contributed by atoms with van der Waals surface area (Å²) >= 11 is 0. The molecule has 6 atom stereocenters. The molecule has 0 unspecified atom stereocenters. The third kappa shape index (κ3) is 10.8. The molecule has 2 saturated heterocycles. The van der Waals surface area contributed by atoms with Crippen molar-refractivity contribution < 1.29 is 28.2 Å². The van der Waals surface area contributed by atoms with E-state index in [1.54, 1.807) is 0 Å². The van der Waals surface area contributed by atoms with Gasteiger partial charge in [0.2, 0.25) is 0 Å². The zero-order valence-electron chi connectivity index (χ0n) is 33.0. The Morgan fingerprint density at radius 2 is 1.54 bits per heavy atom. The predicted molar refractivity (Wildman–Crippen MR) is 204 cm³/mol. The lowest BCUT2D eigenvalue weighted by atomic mass is 9.80. The first-order valence-electron chi connectivity index (χ1n) is 18.8. The molecule has 0 aromatic heterocycles. The lowest BCUT2D eigenvalue weighted by molar-refractivity contribution is -0.349. The van der Waals surface area contributed by atoms with E-state index in [4.69, 9.17) is 23.1 Å². The van der Waals surface area contributed by atoms with Crippen molar-refractivity contribution in [3.05, 3.63) is 48.0 Å². The monoisotopic (exact) mass is 704 g/mol. The van der Waals surface area contributed by atoms with E-state index < -0.39 is 28.0 Å². The molecule has 0 radical (unpaired) electrons. The second-order valence-corrected chi connectivity index (χ2v) is 28.1. The first-order chi connectivity index (χ1) is 22.1. The van der Waals surface area contributed by atoms with Crippen LogP contribution in [0.25, 0.3) is 0 Å². The molecule has 6 nitrogen and oxygen atoms in total. The first kappa shape index (κ1) is 41.6. The van der Waals surface area contributed by atoms with Crippen LogP contribution in [0.4, 0.5) is 0 Å². The maximum absolute atomic E-state index is 11.7. The second kappa shape index (κ2) is 16.7. The average molecular weight is 705 g/mol. The van der Waals surface area contributed by atoms with Crippen molar-refractivity contribution in [1.29, 1.82) is 0 Å². The lowest BCUT2D eigenvalue weighted by Crippen LogP contribution is -2.59. The number of ether oxygens (including phenoxy) is 3. The summed E-state index contributed by atoms with van der Waals surface area (Å²) in [6.45, 7) is 36.0. The molecule has 1 spiro atoms. The van der Waals surface area contributed by atoms with E-state index in [9.17, 15) is 5.11 Å². The lowest BCUT2D eigenvalue weighted by Gasteiger charge is -2.53. The molecule has 2 aliphatic rings. The fourth-order valence-electron chi connectivity index (χ4n) is 8.18. The fourth-order valence-corrected chi connectivity index (χ4v) is 15.1. The van der Waals surface area contributed by atoms with Crippen molar-refractivity contribution in [3.8, 4) is 0 Å². The minimum Gasteiger partial charge on any atom is -0.415 e. The van der Waals surface area contributed by atoms with E-state index in [-0.39, 0.29) is 29.3 Å². The van der Waals surface area contributed by atoms with Crippen LogP contribution in [0.1, 0.15) is 120 Å². The Bertz CT molecular complexity index is 1120. The highest BCUT2D eigenvalue weighted by molar-refractivity contribution is 6.77. The van der Waals surface area contributed by atoms with Gasteiger partial charge in [-0.05, 0) is 72.4 Å². The summed E-state index contributed by atoms with van der Waals surface area (Å²) in [4.78, 5) is 0. The van der Waals surface area contributed by atoms with E-state index in [1.165, 1.54) is 0 Å². The molecule has 2 fully saturated rings. The zero-order valence-corrected chi connectivity index (χ0v) is 35.0. The summed E-state index contributed by atoms with van der Waals surface area (Å²) in [7, 11) is -4.04. The van der Waals surface area contributed by atoms with Crippen LogP contribution >= 0.6 is 0 Å². The summed E-state index contributed by atoms with van der Waals surface area (Å²) in [5, 5.41) is 11.8. The van der Waals surface area contributed by atoms with Crippen LogP contribution < -0.4 is 0 Å². The first-order valence-corrected chi connectivity index (χ1v) is 23.9. The van der Waals surface area contributed by atoms with Crippen LogP contribution in [0, 0.1) is 5.92 Å². The van der Waals surface area contributed by atoms with Gasteiger partial charge < -0.3 is 28.2 Å². The minimum atomic E-state index is -2.06. The van der Waals surface area contributed by atoms with Crippen LogP contribution in [-0.2, 0) is 29.7 Å². The Balaban J connectivity index is 1.75. The average Bonchev–Trinajstić information content (AvgIpc) is 2.93. The topological polar surface area (TPSA) is 66.4 Å². The van der Waals surface area contributed by atoms with E-state index in [0.717, 1.165) is 24.0 Å². The number of hydrogen-bond donors (Lipinski definition) is 1. The van der Waals surface area contributed by atoms with Gasteiger partial charge in [-0.15, -0.1) is 0 Å². The van der Waals surface area contributed by atoms with E-state index in [1.807, 2.05) is 25.1 Å². The zero-order chi connectivity index (χ0) is 36.1. The highest BCUT2D eigenvalue weighted by Gasteiger charge is 2.53. The third-order valence-electron chi connectivity index (χ3n) is 11.6. The maximum Gasteiger partial charge on any atom is 0.200 e. The Morgan fingerprint density at radius 1 is 0.958 bits per heavy atom. The SMILES string of the molecule is C=C(C[C@H]1C[C@](C)(O)C[C@@]2(C[C@@H](O[Si](C)(C)C(C)(C)C)C[C@H](CCOCc3ccccc3)O2)O1)[C@@H](C)CO[Si](C(C)C)(C(C)C)C(C)C. The number of benzene rings is 1. The molecule has 0 amide bonds. The molecule has 0 saturated carbocycles. The van der Waals surface area contributed by atoms with Crippen molar-refractivity contribution in [2.24, 2.45) is 5.92 Å². The van der Waals surface area contributed by atoms with Gasteiger partial charge in [-0.3, -0.25) is 0 Å².